The Bertz CT molecular complexity index is 2750. The molecule has 7 N–H and O–H groups in total. The molecule has 20 heteroatoms. The van der Waals surface area contributed by atoms with E-state index in [-0.39, 0.29) is 42.7 Å². The van der Waals surface area contributed by atoms with Gasteiger partial charge in [0.25, 0.3) is 11.8 Å². The van der Waals surface area contributed by atoms with Gasteiger partial charge in [0.2, 0.25) is 23.7 Å². The molecule has 0 bridgehead atoms. The summed E-state index contributed by atoms with van der Waals surface area (Å²) in [5.41, 5.74) is 15.6. The highest BCUT2D eigenvalue weighted by Gasteiger charge is 2.24. The number of nitrogens with two attached hydrogens (primary N) is 2. The lowest BCUT2D eigenvalue weighted by atomic mass is 10.1. The molecular formula is C45H58N14O6. The van der Waals surface area contributed by atoms with E-state index in [1.807, 2.05) is 58.9 Å². The van der Waals surface area contributed by atoms with Crippen molar-refractivity contribution in [1.29, 1.82) is 0 Å². The molecule has 0 atom stereocenters. The molecule has 344 valence electrons. The van der Waals surface area contributed by atoms with Gasteiger partial charge < -0.3 is 35.4 Å². The number of piperazine rings is 1. The van der Waals surface area contributed by atoms with Crippen LogP contribution < -0.4 is 36.9 Å². The van der Waals surface area contributed by atoms with Gasteiger partial charge in [0.05, 0.1) is 29.5 Å². The fourth-order valence-corrected chi connectivity index (χ4v) is 7.51. The van der Waals surface area contributed by atoms with Crippen LogP contribution >= 0.6 is 0 Å². The number of hydrogen-bond donors (Lipinski definition) is 5. The Labute approximate surface area is 376 Å². The number of carbonyl (C=O) groups is 4. The Hall–Kier alpha value is -7.32. The van der Waals surface area contributed by atoms with Gasteiger partial charge in [-0.3, -0.25) is 44.1 Å². The first-order valence-corrected chi connectivity index (χ1v) is 21.7. The number of carbonyl (C=O) groups excluding carboxylic acids is 4. The summed E-state index contributed by atoms with van der Waals surface area (Å²) in [6.07, 6.45) is 7.67. The molecule has 65 heavy (non-hydrogen) atoms. The number of aromatic nitrogens is 8. The van der Waals surface area contributed by atoms with Crippen molar-refractivity contribution in [2.45, 2.75) is 67.7 Å². The average molecular weight is 891 g/mol. The lowest BCUT2D eigenvalue weighted by molar-refractivity contribution is 0.0991. The number of fused-ring (bicyclic) bond motifs is 2. The number of rotatable bonds is 18. The average Bonchev–Trinajstić information content (AvgIpc) is 4.07. The number of imidazole rings is 2. The second-order valence-corrected chi connectivity index (χ2v) is 14.9. The number of nitrogens with one attached hydrogen (secondary N) is 3. The molecule has 0 unspecified atom stereocenters. The molecule has 7 rings (SSSR count). The summed E-state index contributed by atoms with van der Waals surface area (Å²) in [4.78, 5) is 64.1. The lowest BCUT2D eigenvalue weighted by Gasteiger charge is -2.25. The van der Waals surface area contributed by atoms with Gasteiger partial charge >= 0.3 is 0 Å². The Morgan fingerprint density at radius 1 is 0.692 bits per heavy atom. The lowest BCUT2D eigenvalue weighted by Crippen LogP contribution is -2.43. The molecule has 1 fully saturated rings. The standard InChI is InChI=1S/C43H52N14O6.C2H6/c1-6-56-32(20-26(3)51-56)40(60)49-42-47-30-22-28(38(44)58)24-34(62-5)36(30)54(42)15-8-9-16-55-37-31(48-43(55)50-41(61)33-21-27(4)52-57(33)7-2)23-29(39(45)59)25-35(37)63-19-11-10-14-53-17-12-46-13-18-53;1-2/h8-11,20-25,46H,6-7,12-19H2,1-5H3,(H2,44,58)(H2,45,59)(H,47,49,60)(H,48,50,61);1-2H3/b9-8+,11-10+;. The van der Waals surface area contributed by atoms with E-state index in [0.717, 1.165) is 32.7 Å². The van der Waals surface area contributed by atoms with Gasteiger partial charge in [-0.1, -0.05) is 38.2 Å². The van der Waals surface area contributed by atoms with Crippen LogP contribution in [0.15, 0.2) is 60.7 Å². The molecule has 1 aliphatic rings. The fourth-order valence-electron chi connectivity index (χ4n) is 7.51. The second kappa shape index (κ2) is 21.4. The molecule has 0 radical (unpaired) electrons. The minimum Gasteiger partial charge on any atom is -0.494 e. The van der Waals surface area contributed by atoms with Crippen LogP contribution in [-0.2, 0) is 26.2 Å². The summed E-state index contributed by atoms with van der Waals surface area (Å²) in [6.45, 7) is 17.4. The zero-order valence-electron chi connectivity index (χ0n) is 38.0. The number of hydrogen-bond acceptors (Lipinski definition) is 12. The van der Waals surface area contributed by atoms with E-state index in [0.29, 0.717) is 69.4 Å². The molecule has 4 amide bonds. The highest BCUT2D eigenvalue weighted by atomic mass is 16.5. The summed E-state index contributed by atoms with van der Waals surface area (Å²) in [5, 5.41) is 18.1. The van der Waals surface area contributed by atoms with Crippen molar-refractivity contribution in [2.75, 3.05) is 57.1 Å². The van der Waals surface area contributed by atoms with Crippen LogP contribution in [-0.4, -0.2) is 114 Å². The van der Waals surface area contributed by atoms with E-state index in [1.165, 1.54) is 19.2 Å². The van der Waals surface area contributed by atoms with E-state index in [9.17, 15) is 19.2 Å². The van der Waals surface area contributed by atoms with Crippen LogP contribution in [0.2, 0.25) is 0 Å². The van der Waals surface area contributed by atoms with E-state index in [4.69, 9.17) is 30.9 Å². The molecule has 20 nitrogen and oxygen atoms in total. The molecule has 0 saturated carbocycles. The number of primary amides is 2. The molecule has 4 aromatic heterocycles. The van der Waals surface area contributed by atoms with Crippen molar-refractivity contribution in [1.82, 2.24) is 48.9 Å². The van der Waals surface area contributed by atoms with Gasteiger partial charge in [0.15, 0.2) is 0 Å². The second-order valence-electron chi connectivity index (χ2n) is 14.9. The van der Waals surface area contributed by atoms with Crippen molar-refractivity contribution in [3.05, 3.63) is 94.6 Å². The SMILES string of the molecule is CC.CCn1nc(C)cc1C(=O)Nc1nc2cc(C(N)=O)cc(OC)c2n1C/C=C/Cn1c(NC(=O)c2cc(C)nn2CC)nc2cc(C(N)=O)cc(OC/C=C/CN3CCNCC3)c21. The van der Waals surface area contributed by atoms with Crippen molar-refractivity contribution in [2.24, 2.45) is 11.5 Å². The third kappa shape index (κ3) is 10.7. The molecule has 1 saturated heterocycles. The number of nitrogens with zero attached hydrogens (tertiary/aromatic N) is 9. The molecule has 6 aromatic rings. The van der Waals surface area contributed by atoms with Crippen molar-refractivity contribution >= 4 is 57.6 Å². The topological polar surface area (TPSA) is 249 Å². The van der Waals surface area contributed by atoms with Gasteiger partial charge in [0.1, 0.15) is 40.5 Å². The van der Waals surface area contributed by atoms with Gasteiger partial charge in [-0.25, -0.2) is 9.97 Å². The molecule has 1 aliphatic heterocycles. The maximum absolute atomic E-state index is 13.8. The number of aryl methyl sites for hydroxylation is 4. The van der Waals surface area contributed by atoms with Crippen LogP contribution in [0.4, 0.5) is 11.9 Å². The predicted molar refractivity (Wildman–Crippen MR) is 249 cm³/mol. The highest BCUT2D eigenvalue weighted by Crippen LogP contribution is 2.33. The smallest absolute Gasteiger partial charge is 0.276 e. The maximum Gasteiger partial charge on any atom is 0.276 e. The Morgan fingerprint density at radius 3 is 1.62 bits per heavy atom. The Balaban J connectivity index is 0.00000345. The van der Waals surface area contributed by atoms with Crippen LogP contribution in [0.1, 0.15) is 80.8 Å². The Morgan fingerprint density at radius 2 is 1.15 bits per heavy atom. The molecule has 2 aromatic carbocycles. The highest BCUT2D eigenvalue weighted by molar-refractivity contribution is 6.05. The van der Waals surface area contributed by atoms with E-state index >= 15 is 0 Å². The first-order chi connectivity index (χ1) is 31.4. The molecular weight excluding hydrogens is 833 g/mol. The third-order valence-corrected chi connectivity index (χ3v) is 10.5. The van der Waals surface area contributed by atoms with Crippen LogP contribution in [0.25, 0.3) is 22.1 Å². The van der Waals surface area contributed by atoms with E-state index in [2.05, 4.69) is 31.0 Å². The zero-order chi connectivity index (χ0) is 46.8. The monoisotopic (exact) mass is 890 g/mol. The van der Waals surface area contributed by atoms with Crippen molar-refractivity contribution < 1.29 is 28.7 Å². The molecule has 0 spiro atoms. The minimum absolute atomic E-state index is 0.162. The summed E-state index contributed by atoms with van der Waals surface area (Å²) in [6, 6.07) is 9.58. The van der Waals surface area contributed by atoms with Gasteiger partial charge in [-0.05, 0) is 64.1 Å². The van der Waals surface area contributed by atoms with Crippen LogP contribution in [0.3, 0.4) is 0 Å². The third-order valence-electron chi connectivity index (χ3n) is 10.5. The summed E-state index contributed by atoms with van der Waals surface area (Å²) >= 11 is 0. The first-order valence-electron chi connectivity index (χ1n) is 21.7. The summed E-state index contributed by atoms with van der Waals surface area (Å²) in [5.74, 6) is -1.17. The van der Waals surface area contributed by atoms with E-state index in [1.54, 1.807) is 49.7 Å². The normalized spacial score (nSPS) is 13.1. The first kappa shape index (κ1) is 47.2. The molecule has 0 aliphatic carbocycles. The summed E-state index contributed by atoms with van der Waals surface area (Å²) in [7, 11) is 1.47. The van der Waals surface area contributed by atoms with Gasteiger partial charge in [0, 0.05) is 70.0 Å². The number of ether oxygens (including phenoxy) is 2. The molecule has 5 heterocycles. The summed E-state index contributed by atoms with van der Waals surface area (Å²) < 4.78 is 18.7. The Kier molecular flexibility index (Phi) is 15.5. The number of benzene rings is 2. The van der Waals surface area contributed by atoms with Gasteiger partial charge in [-0.15, -0.1) is 0 Å². The number of anilines is 2. The van der Waals surface area contributed by atoms with Crippen LogP contribution in [0.5, 0.6) is 11.5 Å². The van der Waals surface area contributed by atoms with Gasteiger partial charge in [-0.2, -0.15) is 10.2 Å². The van der Waals surface area contributed by atoms with Crippen molar-refractivity contribution in [3.63, 3.8) is 0 Å². The fraction of sp³-hybridized carbons (Fsp3) is 0.378. The predicted octanol–water partition coefficient (Wildman–Crippen LogP) is 4.27. The maximum atomic E-state index is 13.8. The zero-order valence-corrected chi connectivity index (χ0v) is 38.0. The number of amides is 4. The number of methoxy groups -OCH3 is 1. The van der Waals surface area contributed by atoms with E-state index < -0.39 is 23.6 Å². The van der Waals surface area contributed by atoms with Crippen LogP contribution in [0, 0.1) is 13.8 Å². The van der Waals surface area contributed by atoms with Crippen molar-refractivity contribution in [3.8, 4) is 11.5 Å². The largest absolute Gasteiger partial charge is 0.494 e. The number of allylic oxidation sites excluding steroid dienone is 2. The quantitative estimate of drug-likeness (QED) is 0.0760. The minimum atomic E-state index is -0.667.